The van der Waals surface area contributed by atoms with Gasteiger partial charge in [0.05, 0.1) is 0 Å². The van der Waals surface area contributed by atoms with Crippen molar-refractivity contribution in [2.45, 2.75) is 51.9 Å². The summed E-state index contributed by atoms with van der Waals surface area (Å²) in [7, 11) is 0. The third-order valence-corrected chi connectivity index (χ3v) is 4.24. The highest BCUT2D eigenvalue weighted by atomic mass is 16.4. The van der Waals surface area contributed by atoms with Crippen LogP contribution in [0.2, 0.25) is 0 Å². The fourth-order valence-electron chi connectivity index (χ4n) is 2.96. The summed E-state index contributed by atoms with van der Waals surface area (Å²) >= 11 is 0. The largest absolute Gasteiger partial charge is 0.420 e. The van der Waals surface area contributed by atoms with Gasteiger partial charge in [-0.15, -0.1) is 10.2 Å². The van der Waals surface area contributed by atoms with Crippen LogP contribution in [0.3, 0.4) is 0 Å². The molecule has 2 aromatic rings. The zero-order valence-electron chi connectivity index (χ0n) is 12.1. The van der Waals surface area contributed by atoms with Gasteiger partial charge < -0.3 is 10.2 Å². The van der Waals surface area contributed by atoms with E-state index in [4.69, 9.17) is 10.2 Å². The minimum atomic E-state index is 0.438. The fraction of sp³-hybridized carbons (Fsp3) is 0.500. The molecule has 20 heavy (non-hydrogen) atoms. The van der Waals surface area contributed by atoms with Gasteiger partial charge in [0.2, 0.25) is 11.8 Å². The monoisotopic (exact) mass is 271 g/mol. The molecule has 4 nitrogen and oxygen atoms in total. The Morgan fingerprint density at radius 2 is 1.80 bits per heavy atom. The summed E-state index contributed by atoms with van der Waals surface area (Å²) in [5, 5.41) is 8.47. The lowest BCUT2D eigenvalue weighted by Crippen LogP contribution is -2.04. The second-order valence-corrected chi connectivity index (χ2v) is 5.80. The molecule has 1 fully saturated rings. The summed E-state index contributed by atoms with van der Waals surface area (Å²) in [5.74, 6) is 1.82. The third kappa shape index (κ3) is 2.42. The smallest absolute Gasteiger partial charge is 0.248 e. The molecule has 1 aromatic carbocycles. The van der Waals surface area contributed by atoms with Crippen LogP contribution in [0.5, 0.6) is 0 Å². The van der Waals surface area contributed by atoms with Crippen molar-refractivity contribution >= 4 is 5.69 Å². The van der Waals surface area contributed by atoms with Gasteiger partial charge in [-0.3, -0.25) is 0 Å². The van der Waals surface area contributed by atoms with Crippen molar-refractivity contribution in [3.63, 3.8) is 0 Å². The molecular formula is C16H21N3O. The predicted octanol–water partition coefficient (Wildman–Crippen LogP) is 3.98. The molecule has 1 aliphatic carbocycles. The molecular weight excluding hydrogens is 250 g/mol. The van der Waals surface area contributed by atoms with E-state index >= 15 is 0 Å². The van der Waals surface area contributed by atoms with Crippen LogP contribution in [-0.2, 0) is 0 Å². The highest BCUT2D eigenvalue weighted by Gasteiger charge is 2.22. The van der Waals surface area contributed by atoms with Crippen LogP contribution >= 0.6 is 0 Å². The SMILES string of the molecule is Cc1cc(C)c(-c2nnc(C3CCCCC3)o2)cc1N. The lowest BCUT2D eigenvalue weighted by molar-refractivity contribution is 0.367. The lowest BCUT2D eigenvalue weighted by Gasteiger charge is -2.17. The highest BCUT2D eigenvalue weighted by Crippen LogP contribution is 2.34. The van der Waals surface area contributed by atoms with E-state index in [-0.39, 0.29) is 0 Å². The van der Waals surface area contributed by atoms with E-state index in [0.717, 1.165) is 41.1 Å². The Morgan fingerprint density at radius 3 is 2.55 bits per heavy atom. The van der Waals surface area contributed by atoms with Crippen molar-refractivity contribution in [3.8, 4) is 11.5 Å². The highest BCUT2D eigenvalue weighted by molar-refractivity contribution is 5.66. The van der Waals surface area contributed by atoms with Crippen LogP contribution in [-0.4, -0.2) is 10.2 Å². The molecule has 106 valence electrons. The average molecular weight is 271 g/mol. The number of hydrogen-bond acceptors (Lipinski definition) is 4. The Bertz CT molecular complexity index is 612. The number of hydrogen-bond donors (Lipinski definition) is 1. The van der Waals surface area contributed by atoms with E-state index in [1.165, 1.54) is 19.3 Å². The van der Waals surface area contributed by atoms with Gasteiger partial charge in [-0.1, -0.05) is 25.3 Å². The number of nitrogens with zero attached hydrogens (tertiary/aromatic N) is 2. The molecule has 1 heterocycles. The quantitative estimate of drug-likeness (QED) is 0.839. The van der Waals surface area contributed by atoms with Gasteiger partial charge in [0.1, 0.15) is 0 Å². The van der Waals surface area contributed by atoms with Gasteiger partial charge in [-0.05, 0) is 43.9 Å². The van der Waals surface area contributed by atoms with Crippen molar-refractivity contribution in [1.29, 1.82) is 0 Å². The molecule has 1 aromatic heterocycles. The molecule has 3 rings (SSSR count). The molecule has 1 saturated carbocycles. The van der Waals surface area contributed by atoms with Crippen LogP contribution in [0.1, 0.15) is 55.0 Å². The number of aromatic nitrogens is 2. The second-order valence-electron chi connectivity index (χ2n) is 5.80. The normalized spacial score (nSPS) is 16.5. The fourth-order valence-corrected chi connectivity index (χ4v) is 2.96. The standard InChI is InChI=1S/C16H21N3O/c1-10-8-11(2)14(17)9-13(10)16-19-18-15(20-16)12-6-4-3-5-7-12/h8-9,12H,3-7,17H2,1-2H3. The van der Waals surface area contributed by atoms with Gasteiger partial charge in [0.15, 0.2) is 0 Å². The zero-order chi connectivity index (χ0) is 14.1. The predicted molar refractivity (Wildman–Crippen MR) is 79.4 cm³/mol. The van der Waals surface area contributed by atoms with Crippen molar-refractivity contribution < 1.29 is 4.42 Å². The molecule has 0 spiro atoms. The first kappa shape index (κ1) is 13.2. The van der Waals surface area contributed by atoms with Crippen molar-refractivity contribution in [1.82, 2.24) is 10.2 Å². The van der Waals surface area contributed by atoms with E-state index in [1.54, 1.807) is 0 Å². The van der Waals surface area contributed by atoms with Crippen molar-refractivity contribution in [3.05, 3.63) is 29.2 Å². The van der Waals surface area contributed by atoms with Gasteiger partial charge in [0, 0.05) is 17.2 Å². The molecule has 4 heteroatoms. The van der Waals surface area contributed by atoms with E-state index in [1.807, 2.05) is 19.9 Å². The first-order valence-electron chi connectivity index (χ1n) is 7.35. The Morgan fingerprint density at radius 1 is 1.05 bits per heavy atom. The third-order valence-electron chi connectivity index (χ3n) is 4.24. The summed E-state index contributed by atoms with van der Waals surface area (Å²) in [6, 6.07) is 4.00. The number of aryl methyl sites for hydroxylation is 2. The van der Waals surface area contributed by atoms with E-state index in [9.17, 15) is 0 Å². The topological polar surface area (TPSA) is 64.9 Å². The Labute approximate surface area is 119 Å². The minimum Gasteiger partial charge on any atom is -0.420 e. The molecule has 0 amide bonds. The second kappa shape index (κ2) is 5.27. The van der Waals surface area contributed by atoms with Crippen molar-refractivity contribution in [2.24, 2.45) is 0 Å². The average Bonchev–Trinajstić information content (AvgIpc) is 2.93. The summed E-state index contributed by atoms with van der Waals surface area (Å²) < 4.78 is 5.91. The number of rotatable bonds is 2. The van der Waals surface area contributed by atoms with E-state index in [2.05, 4.69) is 16.3 Å². The number of benzene rings is 1. The van der Waals surface area contributed by atoms with Crippen LogP contribution in [0.4, 0.5) is 5.69 Å². The van der Waals surface area contributed by atoms with Gasteiger partial charge in [-0.2, -0.15) is 0 Å². The molecule has 0 bridgehead atoms. The molecule has 0 saturated heterocycles. The first-order chi connectivity index (χ1) is 9.65. The number of nitrogen functional groups attached to an aromatic ring is 1. The van der Waals surface area contributed by atoms with E-state index < -0.39 is 0 Å². The summed E-state index contributed by atoms with van der Waals surface area (Å²) in [5.41, 5.74) is 9.90. The van der Waals surface area contributed by atoms with Gasteiger partial charge in [0.25, 0.3) is 0 Å². The van der Waals surface area contributed by atoms with Crippen LogP contribution in [0.25, 0.3) is 11.5 Å². The lowest BCUT2D eigenvalue weighted by atomic mass is 9.89. The first-order valence-corrected chi connectivity index (χ1v) is 7.35. The number of anilines is 1. The maximum atomic E-state index is 5.99. The van der Waals surface area contributed by atoms with Crippen LogP contribution in [0, 0.1) is 13.8 Å². The molecule has 0 atom stereocenters. The molecule has 0 radical (unpaired) electrons. The molecule has 1 aliphatic rings. The molecule has 2 N–H and O–H groups in total. The number of nitrogens with two attached hydrogens (primary N) is 1. The molecule has 0 unspecified atom stereocenters. The maximum Gasteiger partial charge on any atom is 0.248 e. The Kier molecular flexibility index (Phi) is 3.47. The summed E-state index contributed by atoms with van der Waals surface area (Å²) in [6.07, 6.45) is 6.18. The van der Waals surface area contributed by atoms with Gasteiger partial charge in [-0.25, -0.2) is 0 Å². The minimum absolute atomic E-state index is 0.438. The summed E-state index contributed by atoms with van der Waals surface area (Å²) in [4.78, 5) is 0. The Hall–Kier alpha value is -1.84. The van der Waals surface area contributed by atoms with Crippen LogP contribution in [0.15, 0.2) is 16.5 Å². The molecule has 0 aliphatic heterocycles. The van der Waals surface area contributed by atoms with Crippen molar-refractivity contribution in [2.75, 3.05) is 5.73 Å². The van der Waals surface area contributed by atoms with E-state index in [0.29, 0.717) is 11.8 Å². The van der Waals surface area contributed by atoms with Crippen LogP contribution < -0.4 is 5.73 Å². The summed E-state index contributed by atoms with van der Waals surface area (Å²) in [6.45, 7) is 4.06. The maximum absolute atomic E-state index is 5.99. The van der Waals surface area contributed by atoms with Gasteiger partial charge >= 0.3 is 0 Å². The Balaban J connectivity index is 1.91. The zero-order valence-corrected chi connectivity index (χ0v) is 12.1.